The average molecular weight is 519 g/mol. The Hall–Kier alpha value is -2.88. The van der Waals surface area contributed by atoms with Crippen LogP contribution in [0.3, 0.4) is 0 Å². The van der Waals surface area contributed by atoms with Gasteiger partial charge in [-0.05, 0) is 36.8 Å². The SMILES string of the molecule is CCOc1ccccc1Oc1ccc(CN=C(N)NCCc2ccccn2)cn1.I. The average Bonchev–Trinajstić information content (AvgIpc) is 2.76. The largest absolute Gasteiger partial charge is 0.490 e. The van der Waals surface area contributed by atoms with Crippen LogP contribution in [-0.4, -0.2) is 29.1 Å². The summed E-state index contributed by atoms with van der Waals surface area (Å²) in [5.74, 6) is 2.21. The maximum Gasteiger partial charge on any atom is 0.219 e. The van der Waals surface area contributed by atoms with Crippen LogP contribution < -0.4 is 20.5 Å². The van der Waals surface area contributed by atoms with E-state index in [4.69, 9.17) is 15.2 Å². The Bertz CT molecular complexity index is 920. The molecule has 0 saturated heterocycles. The van der Waals surface area contributed by atoms with Gasteiger partial charge in [-0.15, -0.1) is 24.0 Å². The fourth-order valence-corrected chi connectivity index (χ4v) is 2.58. The van der Waals surface area contributed by atoms with Gasteiger partial charge in [-0.3, -0.25) is 4.98 Å². The van der Waals surface area contributed by atoms with Gasteiger partial charge in [0.15, 0.2) is 17.5 Å². The fourth-order valence-electron chi connectivity index (χ4n) is 2.58. The fraction of sp³-hybridized carbons (Fsp3) is 0.227. The van der Waals surface area contributed by atoms with E-state index in [1.807, 2.05) is 55.5 Å². The second-order valence-corrected chi connectivity index (χ2v) is 6.19. The molecule has 0 atom stereocenters. The number of pyridine rings is 2. The number of nitrogens with two attached hydrogens (primary N) is 1. The zero-order chi connectivity index (χ0) is 20.3. The minimum atomic E-state index is 0. The highest BCUT2D eigenvalue weighted by molar-refractivity contribution is 14.0. The first-order valence-electron chi connectivity index (χ1n) is 9.53. The van der Waals surface area contributed by atoms with Crippen molar-refractivity contribution in [1.82, 2.24) is 15.3 Å². The zero-order valence-electron chi connectivity index (χ0n) is 16.8. The lowest BCUT2D eigenvalue weighted by molar-refractivity contribution is 0.319. The first-order valence-corrected chi connectivity index (χ1v) is 9.53. The number of halogens is 1. The molecule has 0 bridgehead atoms. The van der Waals surface area contributed by atoms with Gasteiger partial charge in [0, 0.05) is 37.1 Å². The minimum absolute atomic E-state index is 0. The van der Waals surface area contributed by atoms with Crippen molar-refractivity contribution in [3.8, 4) is 17.4 Å². The van der Waals surface area contributed by atoms with E-state index in [1.54, 1.807) is 18.5 Å². The Morgan fingerprint density at radius 3 is 2.53 bits per heavy atom. The van der Waals surface area contributed by atoms with E-state index >= 15 is 0 Å². The van der Waals surface area contributed by atoms with Gasteiger partial charge < -0.3 is 20.5 Å². The van der Waals surface area contributed by atoms with Crippen molar-refractivity contribution >= 4 is 29.9 Å². The molecular weight excluding hydrogens is 493 g/mol. The summed E-state index contributed by atoms with van der Waals surface area (Å²) in [6, 6.07) is 17.1. The molecule has 0 aliphatic carbocycles. The van der Waals surface area contributed by atoms with Gasteiger partial charge in [-0.1, -0.05) is 24.3 Å². The van der Waals surface area contributed by atoms with Crippen LogP contribution in [-0.2, 0) is 13.0 Å². The zero-order valence-corrected chi connectivity index (χ0v) is 19.2. The summed E-state index contributed by atoms with van der Waals surface area (Å²) in [6.45, 7) is 3.62. The van der Waals surface area contributed by atoms with E-state index in [-0.39, 0.29) is 24.0 Å². The Balaban J connectivity index is 0.00000320. The van der Waals surface area contributed by atoms with Crippen molar-refractivity contribution in [2.24, 2.45) is 10.7 Å². The van der Waals surface area contributed by atoms with Crippen molar-refractivity contribution < 1.29 is 9.47 Å². The maximum atomic E-state index is 5.92. The smallest absolute Gasteiger partial charge is 0.219 e. The number of aromatic nitrogens is 2. The van der Waals surface area contributed by atoms with Crippen molar-refractivity contribution in [2.45, 2.75) is 19.9 Å². The molecule has 8 heteroatoms. The highest BCUT2D eigenvalue weighted by Crippen LogP contribution is 2.30. The standard InChI is InChI=1S/C22H25N5O2.HI/c1-2-28-19-8-3-4-9-20(19)29-21-11-10-17(15-26-21)16-27-22(23)25-14-12-18-7-5-6-13-24-18;/h3-11,13,15H,2,12,14,16H2,1H3,(H3,23,25,27);1H. The molecule has 3 N–H and O–H groups in total. The van der Waals surface area contributed by atoms with Gasteiger partial charge in [-0.2, -0.15) is 0 Å². The third-order valence-electron chi connectivity index (χ3n) is 4.01. The molecule has 3 rings (SSSR count). The molecule has 0 fully saturated rings. The lowest BCUT2D eigenvalue weighted by Crippen LogP contribution is -2.33. The van der Waals surface area contributed by atoms with Crippen molar-refractivity contribution in [3.05, 3.63) is 78.2 Å². The molecule has 0 saturated carbocycles. The number of rotatable bonds is 9. The second-order valence-electron chi connectivity index (χ2n) is 6.19. The number of guanidine groups is 1. The number of ether oxygens (including phenoxy) is 2. The van der Waals surface area contributed by atoms with Gasteiger partial charge in [0.25, 0.3) is 0 Å². The van der Waals surface area contributed by atoms with Crippen LogP contribution in [0.15, 0.2) is 72.0 Å². The lowest BCUT2D eigenvalue weighted by Gasteiger charge is -2.10. The number of benzene rings is 1. The monoisotopic (exact) mass is 519 g/mol. The summed E-state index contributed by atoms with van der Waals surface area (Å²) in [6.07, 6.45) is 4.29. The second kappa shape index (κ2) is 12.6. The molecule has 0 amide bonds. The maximum absolute atomic E-state index is 5.92. The number of aliphatic imine (C=N–C) groups is 1. The first kappa shape index (κ1) is 23.4. The van der Waals surface area contributed by atoms with Crippen LogP contribution in [0.5, 0.6) is 17.4 Å². The summed E-state index contributed by atoms with van der Waals surface area (Å²) in [4.78, 5) is 13.0. The Morgan fingerprint density at radius 2 is 1.83 bits per heavy atom. The van der Waals surface area contributed by atoms with E-state index in [1.165, 1.54) is 0 Å². The lowest BCUT2D eigenvalue weighted by atomic mass is 10.3. The highest BCUT2D eigenvalue weighted by Gasteiger charge is 2.06. The predicted molar refractivity (Wildman–Crippen MR) is 129 cm³/mol. The molecule has 2 heterocycles. The highest BCUT2D eigenvalue weighted by atomic mass is 127. The molecule has 0 radical (unpaired) electrons. The van der Waals surface area contributed by atoms with Crippen LogP contribution in [0, 0.1) is 0 Å². The summed E-state index contributed by atoms with van der Waals surface area (Å²) in [7, 11) is 0. The van der Waals surface area contributed by atoms with Crippen LogP contribution in [0.4, 0.5) is 0 Å². The Kier molecular flexibility index (Phi) is 9.85. The van der Waals surface area contributed by atoms with Crippen LogP contribution in [0.1, 0.15) is 18.2 Å². The van der Waals surface area contributed by atoms with Gasteiger partial charge in [-0.25, -0.2) is 9.98 Å². The summed E-state index contributed by atoms with van der Waals surface area (Å²) in [5, 5.41) is 3.09. The van der Waals surface area contributed by atoms with Crippen LogP contribution in [0.2, 0.25) is 0 Å². The molecule has 0 unspecified atom stereocenters. The number of hydrogen-bond acceptors (Lipinski definition) is 5. The first-order chi connectivity index (χ1) is 14.2. The minimum Gasteiger partial charge on any atom is -0.490 e. The number of nitrogens with one attached hydrogen (secondary N) is 1. The molecule has 158 valence electrons. The quantitative estimate of drug-likeness (QED) is 0.253. The summed E-state index contributed by atoms with van der Waals surface area (Å²) in [5.41, 5.74) is 7.87. The molecule has 2 aromatic heterocycles. The van der Waals surface area contributed by atoms with Crippen molar-refractivity contribution in [1.29, 1.82) is 0 Å². The van der Waals surface area contributed by atoms with Crippen molar-refractivity contribution in [3.63, 3.8) is 0 Å². The molecule has 7 nitrogen and oxygen atoms in total. The number of nitrogens with zero attached hydrogens (tertiary/aromatic N) is 3. The molecule has 0 spiro atoms. The van der Waals surface area contributed by atoms with Crippen molar-refractivity contribution in [2.75, 3.05) is 13.2 Å². The third kappa shape index (κ3) is 7.51. The van der Waals surface area contributed by atoms with Gasteiger partial charge >= 0.3 is 0 Å². The summed E-state index contributed by atoms with van der Waals surface area (Å²) < 4.78 is 11.4. The van der Waals surface area contributed by atoms with Crippen LogP contribution >= 0.6 is 24.0 Å². The van der Waals surface area contributed by atoms with E-state index in [0.717, 1.165) is 17.7 Å². The van der Waals surface area contributed by atoms with E-state index in [2.05, 4.69) is 20.3 Å². The topological polar surface area (TPSA) is 94.7 Å². The summed E-state index contributed by atoms with van der Waals surface area (Å²) >= 11 is 0. The van der Waals surface area contributed by atoms with Gasteiger partial charge in [0.1, 0.15) is 0 Å². The number of hydrogen-bond donors (Lipinski definition) is 2. The molecular formula is C22H26IN5O2. The normalized spacial score (nSPS) is 10.8. The van der Waals surface area contributed by atoms with E-state index in [9.17, 15) is 0 Å². The molecule has 0 aliphatic heterocycles. The van der Waals surface area contributed by atoms with E-state index < -0.39 is 0 Å². The predicted octanol–water partition coefficient (Wildman–Crippen LogP) is 3.93. The molecule has 0 aliphatic rings. The van der Waals surface area contributed by atoms with E-state index in [0.29, 0.717) is 43.0 Å². The van der Waals surface area contributed by atoms with Gasteiger partial charge in [0.2, 0.25) is 5.88 Å². The molecule has 1 aromatic carbocycles. The number of para-hydroxylation sites is 2. The third-order valence-corrected chi connectivity index (χ3v) is 4.01. The van der Waals surface area contributed by atoms with Crippen LogP contribution in [0.25, 0.3) is 0 Å². The molecule has 3 aromatic rings. The Labute approximate surface area is 193 Å². The molecule has 30 heavy (non-hydrogen) atoms. The van der Waals surface area contributed by atoms with Gasteiger partial charge in [0.05, 0.1) is 13.2 Å². The Morgan fingerprint density at radius 1 is 1.03 bits per heavy atom.